The van der Waals surface area contributed by atoms with Gasteiger partial charge in [-0.1, -0.05) is 11.6 Å². The number of phenolic OH excluding ortho intramolecular Hbond substituents is 1. The molecular weight excluding hydrogens is 1050 g/mol. The van der Waals surface area contributed by atoms with Crippen molar-refractivity contribution < 1.29 is 88.5 Å². The number of nitrogens with zero attached hydrogens (tertiary/aromatic N) is 3. The van der Waals surface area contributed by atoms with Gasteiger partial charge in [-0.15, -0.1) is 0 Å². The second-order valence-corrected chi connectivity index (χ2v) is 20.8. The molecule has 1 N–H and O–H groups in total. The summed E-state index contributed by atoms with van der Waals surface area (Å²) in [4.78, 5) is 0.00902. The van der Waals surface area contributed by atoms with Gasteiger partial charge in [-0.05, 0) is 119 Å². The number of rotatable bonds is 6. The number of ether oxygens (including phenoxy) is 6. The molecule has 21 heteroatoms. The Morgan fingerprint density at radius 1 is 0.625 bits per heavy atom. The molecule has 12 rings (SSSR count). The maximum atomic E-state index is 13.1. The summed E-state index contributed by atoms with van der Waals surface area (Å²) in [5, 5.41) is 23.0. The minimum Gasteiger partial charge on any atom is -1.00 e. The fraction of sp³-hybridized carbons (Fsp3) is 0.157. The van der Waals surface area contributed by atoms with Crippen LogP contribution in [0.25, 0.3) is 44.1 Å². The average Bonchev–Trinajstić information content (AvgIpc) is 4.04. The lowest BCUT2D eigenvalue weighted by molar-refractivity contribution is -0.686. The first kappa shape index (κ1) is 51.4. The minimum atomic E-state index is -4.17. The fourth-order valence-electron chi connectivity index (χ4n) is 8.67. The summed E-state index contributed by atoms with van der Waals surface area (Å²) in [6.07, 6.45) is 5.60. The molecule has 0 amide bonds. The van der Waals surface area contributed by atoms with Crippen LogP contribution in [-0.4, -0.2) is 49.7 Å². The zero-order chi connectivity index (χ0) is 48.9. The molecule has 8 aromatic rings. The molecule has 370 valence electrons. The quantitative estimate of drug-likeness (QED) is 0.146. The molecule has 0 atom stereocenters. The van der Waals surface area contributed by atoms with E-state index in [9.17, 15) is 21.9 Å². The Labute approximate surface area is 435 Å². The Morgan fingerprint density at radius 2 is 1.10 bits per heavy atom. The van der Waals surface area contributed by atoms with Crippen LogP contribution < -0.4 is 66.6 Å². The Morgan fingerprint density at radius 3 is 1.60 bits per heavy atom. The van der Waals surface area contributed by atoms with E-state index in [4.69, 9.17) is 60.1 Å². The van der Waals surface area contributed by atoms with Gasteiger partial charge in [-0.25, -0.2) is 8.42 Å². The van der Waals surface area contributed by atoms with E-state index in [-0.39, 0.29) is 59.7 Å². The smallest absolute Gasteiger partial charge is 0.339 e. The van der Waals surface area contributed by atoms with Crippen molar-refractivity contribution in [3.05, 3.63) is 143 Å². The van der Waals surface area contributed by atoms with E-state index in [2.05, 4.69) is 27.3 Å². The first-order valence-electron chi connectivity index (χ1n) is 21.5. The van der Waals surface area contributed by atoms with Gasteiger partial charge < -0.3 is 62.5 Å². The van der Waals surface area contributed by atoms with Crippen molar-refractivity contribution >= 4 is 63.0 Å². The van der Waals surface area contributed by atoms with E-state index in [1.807, 2.05) is 48.8 Å². The summed E-state index contributed by atoms with van der Waals surface area (Å²) >= 11 is 5.52. The van der Waals surface area contributed by atoms with Crippen LogP contribution in [0.3, 0.4) is 0 Å². The van der Waals surface area contributed by atoms with Crippen LogP contribution in [0.15, 0.2) is 131 Å². The molecule has 4 aliphatic heterocycles. The molecule has 4 aliphatic rings. The van der Waals surface area contributed by atoms with Crippen LogP contribution in [0, 0.1) is 11.3 Å². The van der Waals surface area contributed by atoms with Gasteiger partial charge >= 0.3 is 10.1 Å². The van der Waals surface area contributed by atoms with Crippen LogP contribution in [0.4, 0.5) is 0 Å². The zero-order valence-electron chi connectivity index (χ0n) is 37.9. The summed E-state index contributed by atoms with van der Waals surface area (Å²) in [5.74, 6) is 4.17. The largest absolute Gasteiger partial charge is 1.00 e. The third-order valence-electron chi connectivity index (χ3n) is 12.2. The van der Waals surface area contributed by atoms with E-state index < -0.39 is 19.2 Å². The zero-order valence-corrected chi connectivity index (χ0v) is 42.6. The number of hydrogen-bond donors (Lipinski definition) is 1. The predicted octanol–water partition coefficient (Wildman–Crippen LogP) is 2.80. The molecule has 0 saturated carbocycles. The average molecular weight is 1090 g/mol. The third kappa shape index (κ3) is 9.98. The van der Waals surface area contributed by atoms with Gasteiger partial charge in [0.15, 0.2) is 71.5 Å². The van der Waals surface area contributed by atoms with Crippen LogP contribution >= 0.6 is 22.3 Å². The van der Waals surface area contributed by atoms with Gasteiger partial charge in [0.2, 0.25) is 25.0 Å². The van der Waals surface area contributed by atoms with E-state index in [1.54, 1.807) is 19.2 Å². The van der Waals surface area contributed by atoms with Gasteiger partial charge in [0.25, 0.3) is 9.05 Å². The second-order valence-electron chi connectivity index (χ2n) is 16.2. The number of aromatic nitrogens is 2. The van der Waals surface area contributed by atoms with E-state index >= 15 is 0 Å². The predicted molar refractivity (Wildman–Crippen MR) is 257 cm³/mol. The fourth-order valence-corrected chi connectivity index (χ4v) is 10.5. The van der Waals surface area contributed by atoms with Crippen molar-refractivity contribution in [2.45, 2.75) is 35.7 Å². The first-order valence-corrected chi connectivity index (χ1v) is 25.6. The Kier molecular flexibility index (Phi) is 14.8. The highest BCUT2D eigenvalue weighted by Gasteiger charge is 2.31. The normalized spacial score (nSPS) is 13.2. The van der Waals surface area contributed by atoms with Gasteiger partial charge in [0.1, 0.15) is 4.90 Å². The molecule has 0 saturated heterocycles. The molecule has 0 bridgehead atoms. The lowest BCUT2D eigenvalue weighted by Crippen LogP contribution is -3.00. The second kappa shape index (κ2) is 20.7. The van der Waals surface area contributed by atoms with Crippen LogP contribution in [0.2, 0.25) is 5.02 Å². The topological polar surface area (TPSA) is 185 Å². The highest BCUT2D eigenvalue weighted by Crippen LogP contribution is 2.44. The van der Waals surface area contributed by atoms with Crippen molar-refractivity contribution in [3.8, 4) is 74.6 Å². The number of phenols is 1. The number of hydrogen-bond acceptors (Lipinski definition) is 13. The number of methoxy groups -OCH3 is 2. The summed E-state index contributed by atoms with van der Waals surface area (Å²) in [6.45, 7) is 2.05. The van der Waals surface area contributed by atoms with Crippen LogP contribution in [-0.2, 0) is 45.1 Å². The molecule has 15 nitrogen and oxygen atoms in total. The molecule has 6 aromatic carbocycles. The SMILES string of the molecule is COc1ccc2cc3[n+](cc2c1O)CCc1cc2c(cc1-3)OCO2.COc1ccc2cc3[n+](cc2c1OS(=O)(=O)c1ccc(C#N)cc1)CCc1cc2c(cc1-3)OCO2.O=S(=O)(Cl)c1ccc(Cl)cc1.[Cl-].[Cl-]. The maximum Gasteiger partial charge on any atom is 0.339 e. The van der Waals surface area contributed by atoms with Crippen molar-refractivity contribution in [1.82, 2.24) is 0 Å². The number of pyridine rings is 2. The number of aryl methyl sites for hydroxylation is 4. The van der Waals surface area contributed by atoms with Crippen LogP contribution in [0.5, 0.6) is 46.0 Å². The monoisotopic (exact) mass is 1090 g/mol. The molecule has 2 aromatic heterocycles. The molecule has 0 spiro atoms. The molecule has 72 heavy (non-hydrogen) atoms. The Bertz CT molecular complexity index is 3710. The third-order valence-corrected chi connectivity index (χ3v) is 15.0. The van der Waals surface area contributed by atoms with Crippen molar-refractivity contribution in [2.75, 3.05) is 27.8 Å². The summed E-state index contributed by atoms with van der Waals surface area (Å²) in [5.41, 5.74) is 7.10. The summed E-state index contributed by atoms with van der Waals surface area (Å²) < 4.78 is 90.2. The molecule has 6 heterocycles. The molecule has 0 unspecified atom stereocenters. The standard InChI is InChI=1S/C26H19N2O6S.C19H15NO4.C6H4Cl2O2S.2ClH/c1-31-23-7-4-17-10-22-20-12-25-24(32-15-33-25)11-18(20)8-9-28(22)14-21(17)26(23)34-35(29,30)19-5-2-16(13-27)3-6-19;1-22-16-3-2-11-6-15-13-8-18-17(23-10-24-18)7-12(13)4-5-20(15)9-14(11)19(16)21;7-5-1-3-6(4-2-5)11(8,9)10;;/h2-7,10-12,14H,8-9,15H2,1H3;2-3,6-9H,4-5,10H2,1H3;1-4H;2*1H/q+1;;;;/p-1. The molecule has 0 aliphatic carbocycles. The van der Waals surface area contributed by atoms with Crippen LogP contribution in [0.1, 0.15) is 16.7 Å². The lowest BCUT2D eigenvalue weighted by Gasteiger charge is -2.18. The number of aromatic hydroxyl groups is 1. The van der Waals surface area contributed by atoms with E-state index in [0.29, 0.717) is 39.8 Å². The van der Waals surface area contributed by atoms with Gasteiger partial charge in [-0.2, -0.15) is 22.8 Å². The molecule has 0 fully saturated rings. The molecule has 0 radical (unpaired) electrons. The van der Waals surface area contributed by atoms with Gasteiger partial charge in [0.05, 0.1) is 52.6 Å². The number of halogens is 4. The van der Waals surface area contributed by atoms with Gasteiger partial charge in [-0.3, -0.25) is 0 Å². The van der Waals surface area contributed by atoms with Gasteiger partial charge in [0, 0.05) is 40.7 Å². The van der Waals surface area contributed by atoms with E-state index in [0.717, 1.165) is 75.3 Å². The number of benzene rings is 6. The van der Waals surface area contributed by atoms with E-state index in [1.165, 1.54) is 66.8 Å². The van der Waals surface area contributed by atoms with Crippen molar-refractivity contribution in [3.63, 3.8) is 0 Å². The summed E-state index contributed by atoms with van der Waals surface area (Å²) in [7, 11) is 0.292. The van der Waals surface area contributed by atoms with Crippen molar-refractivity contribution in [1.29, 1.82) is 5.26 Å². The number of nitriles is 1. The highest BCUT2D eigenvalue weighted by atomic mass is 35.7. The highest BCUT2D eigenvalue weighted by molar-refractivity contribution is 8.13. The summed E-state index contributed by atoms with van der Waals surface area (Å²) in [6, 6.07) is 32.8. The lowest BCUT2D eigenvalue weighted by atomic mass is 9.95. The maximum absolute atomic E-state index is 13.1. The van der Waals surface area contributed by atoms with Crippen molar-refractivity contribution in [2.24, 2.45) is 0 Å². The first-order chi connectivity index (χ1) is 33.7. The Hall–Kier alpha value is -6.91. The molecular formula is C51H39Cl4N3O12S2. The minimum absolute atomic E-state index is 0. The number of fused-ring (bicyclic) bond motifs is 10. The Balaban J connectivity index is 0.000000162.